The van der Waals surface area contributed by atoms with Gasteiger partial charge in [-0.1, -0.05) is 18.2 Å². The molecule has 4 heteroatoms. The van der Waals surface area contributed by atoms with Gasteiger partial charge < -0.3 is 10.0 Å². The number of aromatic carboxylic acids is 1. The number of carboxylic acids is 1. The molecule has 0 atom stereocenters. The molecule has 4 nitrogen and oxygen atoms in total. The van der Waals surface area contributed by atoms with Crippen LogP contribution in [0, 0.1) is 0 Å². The lowest BCUT2D eigenvalue weighted by Crippen LogP contribution is -2.08. The van der Waals surface area contributed by atoms with Gasteiger partial charge in [0.05, 0.1) is 5.56 Å². The minimum Gasteiger partial charge on any atom is -0.478 e. The van der Waals surface area contributed by atoms with Crippen molar-refractivity contribution >= 4 is 23.5 Å². The lowest BCUT2D eigenvalue weighted by Gasteiger charge is -2.11. The highest BCUT2D eigenvalue weighted by molar-refractivity contribution is 6.07. The molecule has 0 saturated heterocycles. The fourth-order valence-electron chi connectivity index (χ4n) is 1.93. The van der Waals surface area contributed by atoms with Gasteiger partial charge in [-0.25, -0.2) is 4.79 Å². The van der Waals surface area contributed by atoms with E-state index in [9.17, 15) is 9.59 Å². The van der Waals surface area contributed by atoms with Crippen molar-refractivity contribution in [1.82, 2.24) is 0 Å². The Kier molecular flexibility index (Phi) is 4.73. The van der Waals surface area contributed by atoms with Gasteiger partial charge in [-0.3, -0.25) is 4.79 Å². The molecule has 0 aliphatic rings. The molecule has 1 N–H and O–H groups in total. The van der Waals surface area contributed by atoms with Crippen LogP contribution >= 0.6 is 0 Å². The van der Waals surface area contributed by atoms with E-state index < -0.39 is 5.97 Å². The first-order chi connectivity index (χ1) is 10.5. The molecule has 0 heterocycles. The average Bonchev–Trinajstić information content (AvgIpc) is 2.53. The number of ketones is 1. The standard InChI is InChI=1S/C18H17NO3/c1-19(2)16-10-8-14(9-11-16)17(20)12-5-13-3-6-15(7-4-13)18(21)22/h3-12H,1-2H3,(H,21,22)/b12-5+. The third-order valence-corrected chi connectivity index (χ3v) is 3.25. The van der Waals surface area contributed by atoms with Crippen LogP contribution in [0.3, 0.4) is 0 Å². The zero-order chi connectivity index (χ0) is 16.1. The Bertz CT molecular complexity index is 698. The SMILES string of the molecule is CN(C)c1ccc(C(=O)/C=C/c2ccc(C(=O)O)cc2)cc1. The van der Waals surface area contributed by atoms with Crippen molar-refractivity contribution in [3.8, 4) is 0 Å². The van der Waals surface area contributed by atoms with Crippen LogP contribution < -0.4 is 4.90 Å². The summed E-state index contributed by atoms with van der Waals surface area (Å²) in [6, 6.07) is 13.7. The average molecular weight is 295 g/mol. The van der Waals surface area contributed by atoms with Gasteiger partial charge in [-0.05, 0) is 48.0 Å². The largest absolute Gasteiger partial charge is 0.478 e. The summed E-state index contributed by atoms with van der Waals surface area (Å²) in [5.74, 6) is -1.06. The summed E-state index contributed by atoms with van der Waals surface area (Å²) < 4.78 is 0. The molecule has 112 valence electrons. The molecule has 0 aromatic heterocycles. The zero-order valence-electron chi connectivity index (χ0n) is 12.5. The molecule has 0 unspecified atom stereocenters. The molecule has 2 aromatic rings. The second kappa shape index (κ2) is 6.72. The van der Waals surface area contributed by atoms with E-state index in [2.05, 4.69) is 0 Å². The fraction of sp³-hybridized carbons (Fsp3) is 0.111. The van der Waals surface area contributed by atoms with Crippen molar-refractivity contribution in [2.24, 2.45) is 0 Å². The highest BCUT2D eigenvalue weighted by atomic mass is 16.4. The summed E-state index contributed by atoms with van der Waals surface area (Å²) >= 11 is 0. The Balaban J connectivity index is 2.08. The topological polar surface area (TPSA) is 57.6 Å². The molecule has 0 bridgehead atoms. The number of rotatable bonds is 5. The van der Waals surface area contributed by atoms with Crippen molar-refractivity contribution in [2.75, 3.05) is 19.0 Å². The molecule has 2 aromatic carbocycles. The molecular formula is C18H17NO3. The number of benzene rings is 2. The van der Waals surface area contributed by atoms with Crippen LogP contribution in [0.5, 0.6) is 0 Å². The first-order valence-corrected chi connectivity index (χ1v) is 6.80. The summed E-state index contributed by atoms with van der Waals surface area (Å²) in [4.78, 5) is 24.8. The minimum atomic E-state index is -0.965. The first kappa shape index (κ1) is 15.5. The van der Waals surface area contributed by atoms with Gasteiger partial charge in [0.15, 0.2) is 5.78 Å². The van der Waals surface area contributed by atoms with Crippen LogP contribution in [-0.2, 0) is 0 Å². The number of hydrogen-bond donors (Lipinski definition) is 1. The van der Waals surface area contributed by atoms with Gasteiger partial charge in [0.25, 0.3) is 0 Å². The van der Waals surface area contributed by atoms with Gasteiger partial charge in [0.2, 0.25) is 0 Å². The molecule has 0 spiro atoms. The molecule has 0 radical (unpaired) electrons. The van der Waals surface area contributed by atoms with E-state index in [0.717, 1.165) is 11.3 Å². The Hall–Kier alpha value is -2.88. The number of hydrogen-bond acceptors (Lipinski definition) is 3. The number of nitrogens with zero attached hydrogens (tertiary/aromatic N) is 1. The van der Waals surface area contributed by atoms with Gasteiger partial charge in [-0.15, -0.1) is 0 Å². The summed E-state index contributed by atoms with van der Waals surface area (Å²) in [6.45, 7) is 0. The fourth-order valence-corrected chi connectivity index (χ4v) is 1.93. The predicted molar refractivity (Wildman–Crippen MR) is 87.5 cm³/mol. The normalized spacial score (nSPS) is 10.6. The molecule has 22 heavy (non-hydrogen) atoms. The summed E-state index contributed by atoms with van der Waals surface area (Å²) in [5.41, 5.74) is 2.65. The maximum atomic E-state index is 12.1. The van der Waals surface area contributed by atoms with E-state index in [1.54, 1.807) is 30.3 Å². The van der Waals surface area contributed by atoms with Gasteiger partial charge in [0, 0.05) is 25.3 Å². The molecular weight excluding hydrogens is 278 g/mol. The van der Waals surface area contributed by atoms with E-state index in [1.165, 1.54) is 18.2 Å². The van der Waals surface area contributed by atoms with E-state index in [4.69, 9.17) is 5.11 Å². The second-order valence-electron chi connectivity index (χ2n) is 5.07. The minimum absolute atomic E-state index is 0.0902. The van der Waals surface area contributed by atoms with Crippen LogP contribution in [0.25, 0.3) is 6.08 Å². The summed E-state index contributed by atoms with van der Waals surface area (Å²) in [6.07, 6.45) is 3.16. The summed E-state index contributed by atoms with van der Waals surface area (Å²) in [5, 5.41) is 8.83. The van der Waals surface area contributed by atoms with Crippen molar-refractivity contribution in [3.05, 3.63) is 71.3 Å². The Morgan fingerprint density at radius 2 is 1.45 bits per heavy atom. The Morgan fingerprint density at radius 1 is 0.909 bits per heavy atom. The molecule has 0 saturated carbocycles. The van der Waals surface area contributed by atoms with Crippen molar-refractivity contribution in [1.29, 1.82) is 0 Å². The molecule has 0 amide bonds. The second-order valence-corrected chi connectivity index (χ2v) is 5.07. The van der Waals surface area contributed by atoms with Crippen molar-refractivity contribution < 1.29 is 14.7 Å². The van der Waals surface area contributed by atoms with Gasteiger partial charge in [-0.2, -0.15) is 0 Å². The van der Waals surface area contributed by atoms with E-state index in [-0.39, 0.29) is 11.3 Å². The molecule has 2 rings (SSSR count). The van der Waals surface area contributed by atoms with E-state index >= 15 is 0 Å². The molecule has 0 aliphatic carbocycles. The summed E-state index contributed by atoms with van der Waals surface area (Å²) in [7, 11) is 3.88. The van der Waals surface area contributed by atoms with E-state index in [0.29, 0.717) is 5.56 Å². The van der Waals surface area contributed by atoms with Crippen LogP contribution in [0.2, 0.25) is 0 Å². The number of carbonyl (C=O) groups is 2. The highest BCUT2D eigenvalue weighted by Crippen LogP contribution is 2.13. The quantitative estimate of drug-likeness (QED) is 0.679. The molecule has 0 aliphatic heterocycles. The zero-order valence-corrected chi connectivity index (χ0v) is 12.5. The maximum Gasteiger partial charge on any atom is 0.335 e. The maximum absolute atomic E-state index is 12.1. The lowest BCUT2D eigenvalue weighted by molar-refractivity contribution is 0.0696. The van der Waals surface area contributed by atoms with Gasteiger partial charge in [0.1, 0.15) is 0 Å². The number of allylic oxidation sites excluding steroid dienone is 1. The highest BCUT2D eigenvalue weighted by Gasteiger charge is 2.03. The number of carboxylic acid groups (broad SMARTS) is 1. The smallest absolute Gasteiger partial charge is 0.335 e. The van der Waals surface area contributed by atoms with Crippen LogP contribution in [0.1, 0.15) is 26.3 Å². The third kappa shape index (κ3) is 3.82. The monoisotopic (exact) mass is 295 g/mol. The van der Waals surface area contributed by atoms with Gasteiger partial charge >= 0.3 is 5.97 Å². The molecule has 0 fully saturated rings. The van der Waals surface area contributed by atoms with Crippen LogP contribution in [0.4, 0.5) is 5.69 Å². The Labute approximate surface area is 129 Å². The predicted octanol–water partition coefficient (Wildman–Crippen LogP) is 3.35. The first-order valence-electron chi connectivity index (χ1n) is 6.80. The lowest BCUT2D eigenvalue weighted by atomic mass is 10.1. The third-order valence-electron chi connectivity index (χ3n) is 3.25. The van der Waals surface area contributed by atoms with Crippen molar-refractivity contribution in [2.45, 2.75) is 0 Å². The Morgan fingerprint density at radius 3 is 1.95 bits per heavy atom. The number of carbonyl (C=O) groups excluding carboxylic acids is 1. The van der Waals surface area contributed by atoms with Crippen molar-refractivity contribution in [3.63, 3.8) is 0 Å². The van der Waals surface area contributed by atoms with Crippen LogP contribution in [-0.4, -0.2) is 31.0 Å². The number of anilines is 1. The van der Waals surface area contributed by atoms with Crippen LogP contribution in [0.15, 0.2) is 54.6 Å². The van der Waals surface area contributed by atoms with E-state index in [1.807, 2.05) is 31.1 Å².